The molecular formula is C12H20N4OS. The molecule has 1 atom stereocenters. The van der Waals surface area contributed by atoms with Crippen LogP contribution >= 0.6 is 11.3 Å². The number of aromatic nitrogens is 2. The molecule has 1 N–H and O–H groups in total. The van der Waals surface area contributed by atoms with Crippen LogP contribution in [0.5, 0.6) is 0 Å². The Morgan fingerprint density at radius 1 is 1.50 bits per heavy atom. The molecule has 1 aromatic heterocycles. The van der Waals surface area contributed by atoms with Crippen LogP contribution in [0.25, 0.3) is 0 Å². The van der Waals surface area contributed by atoms with Crippen molar-refractivity contribution in [3.8, 4) is 0 Å². The lowest BCUT2D eigenvalue weighted by Gasteiger charge is -2.33. The lowest BCUT2D eigenvalue weighted by Crippen LogP contribution is -2.48. The molecule has 18 heavy (non-hydrogen) atoms. The van der Waals surface area contributed by atoms with Crippen LogP contribution < -0.4 is 10.2 Å². The van der Waals surface area contributed by atoms with Crippen LogP contribution in [0, 0.1) is 12.8 Å². The van der Waals surface area contributed by atoms with E-state index in [-0.39, 0.29) is 17.9 Å². The van der Waals surface area contributed by atoms with E-state index in [2.05, 4.69) is 20.4 Å². The van der Waals surface area contributed by atoms with Gasteiger partial charge in [-0.05, 0) is 19.8 Å². The summed E-state index contributed by atoms with van der Waals surface area (Å²) >= 11 is 1.61. The van der Waals surface area contributed by atoms with Crippen LogP contribution in [0.3, 0.4) is 0 Å². The van der Waals surface area contributed by atoms with Gasteiger partial charge in [0.15, 0.2) is 0 Å². The highest BCUT2D eigenvalue weighted by molar-refractivity contribution is 7.15. The third-order valence-electron chi connectivity index (χ3n) is 3.08. The van der Waals surface area contributed by atoms with Crippen molar-refractivity contribution in [1.82, 2.24) is 15.5 Å². The van der Waals surface area contributed by atoms with Crippen LogP contribution in [0.1, 0.15) is 31.7 Å². The van der Waals surface area contributed by atoms with Crippen molar-refractivity contribution >= 4 is 22.4 Å². The summed E-state index contributed by atoms with van der Waals surface area (Å²) in [5, 5.41) is 13.3. The number of piperidine rings is 1. The molecule has 0 aliphatic carbocycles. The van der Waals surface area contributed by atoms with Gasteiger partial charge in [0.1, 0.15) is 5.01 Å². The van der Waals surface area contributed by atoms with Gasteiger partial charge in [-0.25, -0.2) is 0 Å². The van der Waals surface area contributed by atoms with Crippen molar-refractivity contribution in [2.45, 2.75) is 39.7 Å². The Hall–Kier alpha value is -1.17. The van der Waals surface area contributed by atoms with Gasteiger partial charge >= 0.3 is 0 Å². The van der Waals surface area contributed by atoms with E-state index in [9.17, 15) is 4.79 Å². The number of carbonyl (C=O) groups is 1. The fourth-order valence-corrected chi connectivity index (χ4v) is 2.77. The Morgan fingerprint density at radius 3 is 2.89 bits per heavy atom. The van der Waals surface area contributed by atoms with E-state index in [0.717, 1.165) is 36.1 Å². The van der Waals surface area contributed by atoms with E-state index in [4.69, 9.17) is 0 Å². The molecular weight excluding hydrogens is 248 g/mol. The number of amides is 1. The molecule has 0 spiro atoms. The molecule has 0 radical (unpaired) electrons. The molecule has 100 valence electrons. The summed E-state index contributed by atoms with van der Waals surface area (Å²) in [5.41, 5.74) is 0. The Bertz CT molecular complexity index is 418. The highest BCUT2D eigenvalue weighted by Crippen LogP contribution is 2.23. The van der Waals surface area contributed by atoms with E-state index >= 15 is 0 Å². The third kappa shape index (κ3) is 3.19. The van der Waals surface area contributed by atoms with Gasteiger partial charge in [0.2, 0.25) is 11.0 Å². The first-order chi connectivity index (χ1) is 8.56. The van der Waals surface area contributed by atoms with Crippen molar-refractivity contribution < 1.29 is 4.79 Å². The third-order valence-corrected chi connectivity index (χ3v) is 3.98. The minimum absolute atomic E-state index is 0.0455. The molecule has 0 bridgehead atoms. The van der Waals surface area contributed by atoms with Crippen LogP contribution in [0.2, 0.25) is 0 Å². The number of hydrogen-bond donors (Lipinski definition) is 1. The molecule has 1 unspecified atom stereocenters. The Labute approximate surface area is 112 Å². The molecule has 2 rings (SSSR count). The monoisotopic (exact) mass is 268 g/mol. The van der Waals surface area contributed by atoms with Crippen LogP contribution in [-0.2, 0) is 4.79 Å². The van der Waals surface area contributed by atoms with Gasteiger partial charge in [0.05, 0.1) is 0 Å². The second kappa shape index (κ2) is 5.65. The zero-order valence-corrected chi connectivity index (χ0v) is 12.0. The average molecular weight is 268 g/mol. The Kier molecular flexibility index (Phi) is 4.16. The largest absolute Gasteiger partial charge is 0.351 e. The molecule has 1 aliphatic rings. The minimum Gasteiger partial charge on any atom is -0.351 e. The highest BCUT2D eigenvalue weighted by atomic mass is 32.1. The quantitative estimate of drug-likeness (QED) is 0.904. The maximum absolute atomic E-state index is 11.7. The number of nitrogens with one attached hydrogen (secondary N) is 1. The zero-order valence-electron chi connectivity index (χ0n) is 11.1. The molecule has 0 saturated carbocycles. The second-order valence-electron chi connectivity index (χ2n) is 5.05. The summed E-state index contributed by atoms with van der Waals surface area (Å²) in [5.74, 6) is 0.180. The summed E-state index contributed by atoms with van der Waals surface area (Å²) in [6.45, 7) is 7.65. The summed E-state index contributed by atoms with van der Waals surface area (Å²) in [7, 11) is 0. The van der Waals surface area contributed by atoms with Gasteiger partial charge in [0.25, 0.3) is 0 Å². The number of anilines is 1. The number of hydrogen-bond acceptors (Lipinski definition) is 5. The van der Waals surface area contributed by atoms with E-state index < -0.39 is 0 Å². The van der Waals surface area contributed by atoms with Crippen molar-refractivity contribution in [3.63, 3.8) is 0 Å². The van der Waals surface area contributed by atoms with Crippen LogP contribution in [0.4, 0.5) is 5.13 Å². The zero-order chi connectivity index (χ0) is 13.1. The Balaban J connectivity index is 1.94. The molecule has 1 aliphatic heterocycles. The molecule has 1 saturated heterocycles. The fourth-order valence-electron chi connectivity index (χ4n) is 2.05. The molecule has 1 amide bonds. The average Bonchev–Trinajstić information content (AvgIpc) is 2.76. The van der Waals surface area contributed by atoms with Gasteiger partial charge < -0.3 is 10.2 Å². The maximum atomic E-state index is 11.7. The molecule has 5 nitrogen and oxygen atoms in total. The first kappa shape index (κ1) is 13.3. The number of carbonyl (C=O) groups excluding carboxylic acids is 1. The lowest BCUT2D eigenvalue weighted by molar-refractivity contribution is -0.124. The topological polar surface area (TPSA) is 58.1 Å². The molecule has 1 fully saturated rings. The first-order valence-corrected chi connectivity index (χ1v) is 7.23. The van der Waals surface area contributed by atoms with Crippen molar-refractivity contribution in [2.24, 2.45) is 5.92 Å². The smallest absolute Gasteiger partial charge is 0.222 e. The summed E-state index contributed by atoms with van der Waals surface area (Å²) in [6.07, 6.45) is 2.13. The van der Waals surface area contributed by atoms with Gasteiger partial charge in [-0.15, -0.1) is 10.2 Å². The van der Waals surface area contributed by atoms with Gasteiger partial charge in [-0.3, -0.25) is 4.79 Å². The first-order valence-electron chi connectivity index (χ1n) is 6.41. The number of nitrogens with zero attached hydrogens (tertiary/aromatic N) is 3. The second-order valence-corrected chi connectivity index (χ2v) is 6.21. The van der Waals surface area contributed by atoms with Crippen LogP contribution in [0.15, 0.2) is 0 Å². The highest BCUT2D eigenvalue weighted by Gasteiger charge is 2.24. The van der Waals surface area contributed by atoms with Gasteiger partial charge in [-0.2, -0.15) is 0 Å². The summed E-state index contributed by atoms with van der Waals surface area (Å²) in [4.78, 5) is 13.9. The normalized spacial score (nSPS) is 20.2. The predicted octanol–water partition coefficient (Wildman–Crippen LogP) is 1.59. The van der Waals surface area contributed by atoms with E-state index in [0.29, 0.717) is 0 Å². The molecule has 2 heterocycles. The number of aryl methyl sites for hydroxylation is 1. The van der Waals surface area contributed by atoms with E-state index in [1.807, 2.05) is 20.8 Å². The maximum Gasteiger partial charge on any atom is 0.222 e. The van der Waals surface area contributed by atoms with E-state index in [1.54, 1.807) is 11.3 Å². The molecule has 0 aromatic carbocycles. The lowest BCUT2D eigenvalue weighted by atomic mass is 10.1. The summed E-state index contributed by atoms with van der Waals surface area (Å²) in [6, 6.07) is 0.234. The standard InChI is InChI=1S/C12H20N4OS/c1-8(2)11(17)13-10-5-4-6-16(7-10)12-15-14-9(3)18-12/h8,10H,4-7H2,1-3H3,(H,13,17). The van der Waals surface area contributed by atoms with Crippen molar-refractivity contribution in [2.75, 3.05) is 18.0 Å². The number of rotatable bonds is 3. The van der Waals surface area contributed by atoms with Gasteiger partial charge in [0, 0.05) is 25.0 Å². The minimum atomic E-state index is 0.0455. The SMILES string of the molecule is Cc1nnc(N2CCCC(NC(=O)C(C)C)C2)s1. The van der Waals surface area contributed by atoms with E-state index in [1.165, 1.54) is 0 Å². The molecule has 1 aromatic rings. The van der Waals surface area contributed by atoms with Crippen molar-refractivity contribution in [1.29, 1.82) is 0 Å². The fraction of sp³-hybridized carbons (Fsp3) is 0.750. The Morgan fingerprint density at radius 2 is 2.28 bits per heavy atom. The van der Waals surface area contributed by atoms with Gasteiger partial charge in [-0.1, -0.05) is 25.2 Å². The van der Waals surface area contributed by atoms with Crippen molar-refractivity contribution in [3.05, 3.63) is 5.01 Å². The molecule has 6 heteroatoms. The predicted molar refractivity (Wildman–Crippen MR) is 72.9 cm³/mol. The summed E-state index contributed by atoms with van der Waals surface area (Å²) < 4.78 is 0. The van der Waals surface area contributed by atoms with Crippen LogP contribution in [-0.4, -0.2) is 35.2 Å².